The van der Waals surface area contributed by atoms with E-state index in [-0.39, 0.29) is 24.8 Å². The van der Waals surface area contributed by atoms with E-state index < -0.39 is 0 Å². The van der Waals surface area contributed by atoms with E-state index in [0.29, 0.717) is 16.7 Å². The highest BCUT2D eigenvalue weighted by atomic mass is 35.5. The highest BCUT2D eigenvalue weighted by Crippen LogP contribution is 2.26. The summed E-state index contributed by atoms with van der Waals surface area (Å²) in [4.78, 5) is 0. The molecule has 10 heteroatoms. The Morgan fingerprint density at radius 2 is 1.91 bits per heavy atom. The van der Waals surface area contributed by atoms with Crippen LogP contribution in [0.25, 0.3) is 5.69 Å². The van der Waals surface area contributed by atoms with Crippen LogP contribution < -0.4 is 5.73 Å². The van der Waals surface area contributed by atoms with Crippen LogP contribution in [-0.4, -0.2) is 25.0 Å². The Labute approximate surface area is 146 Å². The molecule has 1 aromatic carbocycles. The van der Waals surface area contributed by atoms with Gasteiger partial charge < -0.3 is 5.73 Å². The van der Waals surface area contributed by atoms with Crippen LogP contribution in [-0.2, 0) is 12.3 Å². The van der Waals surface area contributed by atoms with Crippen molar-refractivity contribution < 1.29 is 4.39 Å². The summed E-state index contributed by atoms with van der Waals surface area (Å²) in [6.45, 7) is 2.17. The monoisotopic (exact) mass is 372 g/mol. The van der Waals surface area contributed by atoms with Crippen molar-refractivity contribution in [1.82, 2.24) is 25.0 Å². The van der Waals surface area contributed by atoms with Crippen LogP contribution in [0.1, 0.15) is 15.8 Å². The van der Waals surface area contributed by atoms with Crippen LogP contribution in [0.5, 0.6) is 0 Å². The van der Waals surface area contributed by atoms with E-state index in [2.05, 4.69) is 20.4 Å². The van der Waals surface area contributed by atoms with Gasteiger partial charge in [-0.25, -0.2) is 4.39 Å². The Kier molecular flexibility index (Phi) is 6.05. The third-order valence-corrected chi connectivity index (χ3v) is 4.82. The van der Waals surface area contributed by atoms with Gasteiger partial charge in [-0.3, -0.25) is 4.57 Å². The van der Waals surface area contributed by atoms with Crippen LogP contribution in [0.4, 0.5) is 4.39 Å². The molecule has 0 fully saturated rings. The smallest absolute Gasteiger partial charge is 0.196 e. The summed E-state index contributed by atoms with van der Waals surface area (Å²) in [6, 6.07) is 6.16. The fourth-order valence-corrected chi connectivity index (χ4v) is 3.56. The molecule has 122 valence electrons. The molecular weight excluding hydrogens is 359 g/mol. The van der Waals surface area contributed by atoms with Gasteiger partial charge in [-0.2, -0.15) is 0 Å². The minimum absolute atomic E-state index is 0. The summed E-state index contributed by atoms with van der Waals surface area (Å²) in [5.41, 5.74) is 6.50. The average Bonchev–Trinajstić information content (AvgIpc) is 3.12. The van der Waals surface area contributed by atoms with Gasteiger partial charge in [0.2, 0.25) is 0 Å². The van der Waals surface area contributed by atoms with Crippen molar-refractivity contribution in [1.29, 1.82) is 0 Å². The number of aryl methyl sites for hydroxylation is 1. The Morgan fingerprint density at radius 3 is 2.52 bits per heavy atom. The molecule has 0 aliphatic carbocycles. The molecule has 6 nitrogen and oxygen atoms in total. The van der Waals surface area contributed by atoms with Crippen LogP contribution in [0.15, 0.2) is 29.4 Å². The SMILES string of the molecule is Cc1nnc(CSc2nnc(CN)n2-c2ccc(F)cc2)s1.Cl. The van der Waals surface area contributed by atoms with Gasteiger partial charge in [-0.05, 0) is 31.2 Å². The molecule has 0 saturated carbocycles. The molecule has 0 bridgehead atoms. The summed E-state index contributed by atoms with van der Waals surface area (Å²) in [5, 5.41) is 18.9. The van der Waals surface area contributed by atoms with Crippen LogP contribution >= 0.6 is 35.5 Å². The minimum atomic E-state index is -0.287. The Hall–Kier alpha value is -1.55. The van der Waals surface area contributed by atoms with Crippen molar-refractivity contribution in [2.24, 2.45) is 5.73 Å². The topological polar surface area (TPSA) is 82.5 Å². The second-order valence-electron chi connectivity index (χ2n) is 4.42. The van der Waals surface area contributed by atoms with Crippen LogP contribution in [0, 0.1) is 12.7 Å². The maximum atomic E-state index is 13.1. The van der Waals surface area contributed by atoms with E-state index in [1.165, 1.54) is 23.9 Å². The van der Waals surface area contributed by atoms with Crippen LogP contribution in [0.2, 0.25) is 0 Å². The zero-order chi connectivity index (χ0) is 15.5. The number of halogens is 2. The first-order valence-corrected chi connectivity index (χ1v) is 8.29. The number of nitrogens with two attached hydrogens (primary N) is 1. The van der Waals surface area contributed by atoms with Crippen molar-refractivity contribution in [2.45, 2.75) is 24.4 Å². The van der Waals surface area contributed by atoms with Crippen molar-refractivity contribution in [3.63, 3.8) is 0 Å². The molecule has 0 radical (unpaired) electrons. The van der Waals surface area contributed by atoms with Gasteiger partial charge in [0.25, 0.3) is 0 Å². The van der Waals surface area contributed by atoms with Crippen molar-refractivity contribution in [3.8, 4) is 5.69 Å². The van der Waals surface area contributed by atoms with E-state index in [1.807, 2.05) is 11.5 Å². The standard InChI is InChI=1S/C13H13FN6S2.ClH/c1-8-16-18-12(22-8)7-21-13-19-17-11(6-15)20(13)10-4-2-9(14)3-5-10;/h2-5H,6-7,15H2,1H3;1H. The lowest BCUT2D eigenvalue weighted by Crippen LogP contribution is -2.07. The number of rotatable bonds is 5. The van der Waals surface area contributed by atoms with E-state index in [0.717, 1.165) is 15.7 Å². The summed E-state index contributed by atoms with van der Waals surface area (Å²) >= 11 is 3.05. The molecule has 2 N–H and O–H groups in total. The van der Waals surface area contributed by atoms with Crippen molar-refractivity contribution in [3.05, 3.63) is 45.9 Å². The maximum absolute atomic E-state index is 13.1. The van der Waals surface area contributed by atoms with Gasteiger partial charge in [-0.1, -0.05) is 11.8 Å². The molecule has 0 aliphatic rings. The van der Waals surface area contributed by atoms with Gasteiger partial charge in [0, 0.05) is 5.69 Å². The molecule has 0 spiro atoms. The molecule has 0 aliphatic heterocycles. The Balaban J connectivity index is 0.00000192. The fraction of sp³-hybridized carbons (Fsp3) is 0.231. The second kappa shape index (κ2) is 7.82. The molecule has 0 amide bonds. The molecule has 2 aromatic heterocycles. The molecule has 3 rings (SSSR count). The summed E-state index contributed by atoms with van der Waals surface area (Å²) in [6.07, 6.45) is 0. The fourth-order valence-electron chi connectivity index (χ4n) is 1.90. The summed E-state index contributed by atoms with van der Waals surface area (Å²) < 4.78 is 14.9. The Morgan fingerprint density at radius 1 is 1.17 bits per heavy atom. The molecule has 0 unspecified atom stereocenters. The number of benzene rings is 1. The number of aromatic nitrogens is 5. The van der Waals surface area contributed by atoms with E-state index in [1.54, 1.807) is 23.5 Å². The van der Waals surface area contributed by atoms with Gasteiger partial charge >= 0.3 is 0 Å². The number of hydrogen-bond donors (Lipinski definition) is 1. The quantitative estimate of drug-likeness (QED) is 0.693. The lowest BCUT2D eigenvalue weighted by molar-refractivity contribution is 0.627. The first-order valence-electron chi connectivity index (χ1n) is 6.49. The average molecular weight is 373 g/mol. The minimum Gasteiger partial charge on any atom is -0.324 e. The first kappa shape index (κ1) is 17.8. The number of thioether (sulfide) groups is 1. The largest absolute Gasteiger partial charge is 0.324 e. The maximum Gasteiger partial charge on any atom is 0.196 e. The third-order valence-electron chi connectivity index (χ3n) is 2.86. The van der Waals surface area contributed by atoms with Crippen molar-refractivity contribution in [2.75, 3.05) is 0 Å². The Bertz CT molecular complexity index is 773. The normalized spacial score (nSPS) is 10.6. The molecule has 0 saturated heterocycles. The summed E-state index contributed by atoms with van der Waals surface area (Å²) in [7, 11) is 0. The summed E-state index contributed by atoms with van der Waals surface area (Å²) in [5.74, 6) is 0.988. The lowest BCUT2D eigenvalue weighted by Gasteiger charge is -2.08. The predicted octanol–water partition coefficient (Wildman–Crippen LogP) is 2.74. The second-order valence-corrected chi connectivity index (χ2v) is 6.63. The van der Waals surface area contributed by atoms with Gasteiger partial charge in [0.15, 0.2) is 11.0 Å². The number of nitrogens with zero attached hydrogens (tertiary/aromatic N) is 5. The van der Waals surface area contributed by atoms with Gasteiger partial charge in [0.1, 0.15) is 15.8 Å². The van der Waals surface area contributed by atoms with E-state index in [4.69, 9.17) is 5.73 Å². The van der Waals surface area contributed by atoms with Crippen LogP contribution in [0.3, 0.4) is 0 Å². The van der Waals surface area contributed by atoms with E-state index in [9.17, 15) is 4.39 Å². The predicted molar refractivity (Wildman–Crippen MR) is 90.7 cm³/mol. The molecular formula is C13H14ClFN6S2. The zero-order valence-electron chi connectivity index (χ0n) is 12.1. The third kappa shape index (κ3) is 4.05. The molecule has 2 heterocycles. The van der Waals surface area contributed by atoms with Gasteiger partial charge in [-0.15, -0.1) is 44.1 Å². The first-order chi connectivity index (χ1) is 10.7. The highest BCUT2D eigenvalue weighted by molar-refractivity contribution is 7.98. The highest BCUT2D eigenvalue weighted by Gasteiger charge is 2.14. The molecule has 0 atom stereocenters. The van der Waals surface area contributed by atoms with Gasteiger partial charge in [0.05, 0.1) is 12.3 Å². The lowest BCUT2D eigenvalue weighted by atomic mass is 10.3. The number of hydrogen-bond acceptors (Lipinski definition) is 7. The van der Waals surface area contributed by atoms with E-state index >= 15 is 0 Å². The zero-order valence-corrected chi connectivity index (χ0v) is 14.6. The molecule has 23 heavy (non-hydrogen) atoms. The van der Waals surface area contributed by atoms with Crippen molar-refractivity contribution >= 4 is 35.5 Å². The molecule has 3 aromatic rings.